The molecule has 0 fully saturated rings. The van der Waals surface area contributed by atoms with Crippen LogP contribution in [0, 0.1) is 0 Å². The predicted octanol–water partition coefficient (Wildman–Crippen LogP) is 14.0. The molecule has 0 aliphatic rings. The van der Waals surface area contributed by atoms with E-state index in [1.807, 2.05) is 0 Å². The first-order valence-electron chi connectivity index (χ1n) is 24.2. The maximum atomic E-state index is 2.53. The molecule has 0 aliphatic heterocycles. The maximum Gasteiger partial charge on any atom is 0.179 e. The van der Waals surface area contributed by atoms with Crippen LogP contribution in [0.25, 0.3) is 93.6 Å². The van der Waals surface area contributed by atoms with Gasteiger partial charge in [-0.05, 0) is 81.4 Å². The summed E-state index contributed by atoms with van der Waals surface area (Å²) in [5.41, 5.74) is 12.9. The summed E-state index contributed by atoms with van der Waals surface area (Å²) in [5, 5.41) is 12.9. The fourth-order valence-electron chi connectivity index (χ4n) is 11.9. The molecule has 0 N–H and O–H groups in total. The highest BCUT2D eigenvalue weighted by atomic mass is 28.3. The van der Waals surface area contributed by atoms with E-state index in [1.54, 1.807) is 0 Å². The molecule has 0 aliphatic carbocycles. The van der Waals surface area contributed by atoms with Crippen LogP contribution in [0.2, 0.25) is 0 Å². The molecule has 70 heavy (non-hydrogen) atoms. The van der Waals surface area contributed by atoms with Crippen molar-refractivity contribution in [3.63, 3.8) is 0 Å². The third-order valence-corrected chi connectivity index (χ3v) is 19.6. The molecular formula is C66H45N3Si. The standard InChI is InChI=1S/C66H45N3Si/c1-4-22-47(23-5-1)70(48-24-6-2-7-25-48,49-26-8-3-9-27-49)50-41-42-57-55-32-14-20-38-63(55)69(66(57)45-50)62-37-19-13-31-54(62)53-30-12-18-36-61(53)68-64-39-21-15-33-56(64)58-44-46(40-43-65(58)68)67-59-34-16-10-28-51(59)52-29-11-17-35-60(52)67/h1-45H. The van der Waals surface area contributed by atoms with Gasteiger partial charge in [0, 0.05) is 49.1 Å². The van der Waals surface area contributed by atoms with Crippen molar-refractivity contribution in [1.29, 1.82) is 0 Å². The Hall–Kier alpha value is -8.96. The molecule has 0 saturated carbocycles. The number of benzene rings is 11. The summed E-state index contributed by atoms with van der Waals surface area (Å²) in [6.07, 6.45) is 0. The molecule has 11 aromatic carbocycles. The number of hydrogen-bond donors (Lipinski definition) is 0. The van der Waals surface area contributed by atoms with Crippen LogP contribution in [0.4, 0.5) is 0 Å². The second kappa shape index (κ2) is 16.1. The van der Waals surface area contributed by atoms with Gasteiger partial charge in [-0.15, -0.1) is 0 Å². The summed E-state index contributed by atoms with van der Waals surface area (Å²) in [6, 6.07) is 101. The average Bonchev–Trinajstić information content (AvgIpc) is 4.07. The van der Waals surface area contributed by atoms with E-state index in [4.69, 9.17) is 0 Å². The minimum Gasteiger partial charge on any atom is -0.309 e. The summed E-state index contributed by atoms with van der Waals surface area (Å²) >= 11 is 0. The molecule has 0 spiro atoms. The van der Waals surface area contributed by atoms with Crippen molar-refractivity contribution in [2.45, 2.75) is 0 Å². The highest BCUT2D eigenvalue weighted by molar-refractivity contribution is 7.20. The number of para-hydroxylation sites is 6. The van der Waals surface area contributed by atoms with E-state index in [0.29, 0.717) is 0 Å². The highest BCUT2D eigenvalue weighted by Gasteiger charge is 2.41. The van der Waals surface area contributed by atoms with Crippen LogP contribution in [0.1, 0.15) is 0 Å². The van der Waals surface area contributed by atoms with Crippen molar-refractivity contribution in [1.82, 2.24) is 13.7 Å². The van der Waals surface area contributed by atoms with Crippen LogP contribution in [0.5, 0.6) is 0 Å². The monoisotopic (exact) mass is 907 g/mol. The normalized spacial score (nSPS) is 12.0. The first kappa shape index (κ1) is 40.1. The highest BCUT2D eigenvalue weighted by Crippen LogP contribution is 2.42. The number of nitrogens with zero attached hydrogens (tertiary/aromatic N) is 3. The zero-order valence-corrected chi connectivity index (χ0v) is 39.3. The van der Waals surface area contributed by atoms with Gasteiger partial charge >= 0.3 is 0 Å². The van der Waals surface area contributed by atoms with Crippen LogP contribution in [0.15, 0.2) is 273 Å². The van der Waals surface area contributed by atoms with Gasteiger partial charge in [0.1, 0.15) is 0 Å². The van der Waals surface area contributed by atoms with E-state index in [0.717, 1.165) is 28.2 Å². The lowest BCUT2D eigenvalue weighted by Crippen LogP contribution is -2.74. The molecule has 3 aromatic heterocycles. The zero-order valence-electron chi connectivity index (χ0n) is 38.3. The molecule has 4 heteroatoms. The van der Waals surface area contributed by atoms with Crippen LogP contribution >= 0.6 is 0 Å². The van der Waals surface area contributed by atoms with E-state index >= 15 is 0 Å². The minimum absolute atomic E-state index is 1.14. The Labute approximate surface area is 407 Å². The van der Waals surface area contributed by atoms with Crippen LogP contribution in [0.3, 0.4) is 0 Å². The number of hydrogen-bond acceptors (Lipinski definition) is 0. The molecule has 0 bridgehead atoms. The van der Waals surface area contributed by atoms with Gasteiger partial charge in [-0.2, -0.15) is 0 Å². The number of aromatic nitrogens is 3. The summed E-state index contributed by atoms with van der Waals surface area (Å²) in [7, 11) is -2.83. The second-order valence-electron chi connectivity index (χ2n) is 18.4. The first-order valence-corrected chi connectivity index (χ1v) is 26.2. The van der Waals surface area contributed by atoms with E-state index in [1.165, 1.54) is 86.2 Å². The van der Waals surface area contributed by atoms with Gasteiger partial charge < -0.3 is 13.7 Å². The molecule has 0 atom stereocenters. The lowest BCUT2D eigenvalue weighted by Gasteiger charge is -2.34. The van der Waals surface area contributed by atoms with Crippen LogP contribution in [-0.4, -0.2) is 21.8 Å². The molecular weight excluding hydrogens is 863 g/mol. The van der Waals surface area contributed by atoms with E-state index in [-0.39, 0.29) is 0 Å². The third kappa shape index (κ3) is 5.94. The van der Waals surface area contributed by atoms with Crippen molar-refractivity contribution in [3.05, 3.63) is 273 Å². The van der Waals surface area contributed by atoms with Crippen molar-refractivity contribution >= 4 is 94.2 Å². The lowest BCUT2D eigenvalue weighted by molar-refractivity contribution is 1.16. The fraction of sp³-hybridized carbons (Fsp3) is 0. The Morgan fingerprint density at radius 3 is 1.06 bits per heavy atom. The van der Waals surface area contributed by atoms with Crippen molar-refractivity contribution in [3.8, 4) is 28.2 Å². The summed E-state index contributed by atoms with van der Waals surface area (Å²) in [6.45, 7) is 0. The first-order chi connectivity index (χ1) is 34.8. The predicted molar refractivity (Wildman–Crippen MR) is 299 cm³/mol. The van der Waals surface area contributed by atoms with Gasteiger partial charge in [-0.25, -0.2) is 0 Å². The Morgan fingerprint density at radius 2 is 0.571 bits per heavy atom. The maximum absolute atomic E-state index is 2.83. The van der Waals surface area contributed by atoms with Gasteiger partial charge in [-0.3, -0.25) is 0 Å². The number of fused-ring (bicyclic) bond motifs is 9. The lowest BCUT2D eigenvalue weighted by atomic mass is 10.0. The van der Waals surface area contributed by atoms with E-state index in [2.05, 4.69) is 287 Å². The molecule has 14 aromatic rings. The van der Waals surface area contributed by atoms with Gasteiger partial charge in [0.05, 0.1) is 44.5 Å². The largest absolute Gasteiger partial charge is 0.309 e. The van der Waals surface area contributed by atoms with Gasteiger partial charge in [0.2, 0.25) is 0 Å². The van der Waals surface area contributed by atoms with E-state index in [9.17, 15) is 0 Å². The minimum atomic E-state index is -2.83. The quantitative estimate of drug-likeness (QED) is 0.107. The Morgan fingerprint density at radius 1 is 0.214 bits per heavy atom. The van der Waals surface area contributed by atoms with Crippen LogP contribution in [-0.2, 0) is 0 Å². The van der Waals surface area contributed by atoms with Crippen molar-refractivity contribution in [2.24, 2.45) is 0 Å². The van der Waals surface area contributed by atoms with Gasteiger partial charge in [0.15, 0.2) is 8.07 Å². The SMILES string of the molecule is c1ccc([Si](c2ccccc2)(c2ccccc2)c2ccc3c4ccccc4n(-c4ccccc4-c4ccccc4-n4c5ccccc5c5cc(-n6c7ccccc7c7ccccc76)ccc54)c3c2)cc1. The van der Waals surface area contributed by atoms with Crippen LogP contribution < -0.4 is 20.7 Å². The van der Waals surface area contributed by atoms with Crippen molar-refractivity contribution in [2.75, 3.05) is 0 Å². The Balaban J connectivity index is 1.00. The molecule has 3 nitrogen and oxygen atoms in total. The molecule has 0 radical (unpaired) electrons. The topological polar surface area (TPSA) is 14.8 Å². The third-order valence-electron chi connectivity index (χ3n) is 14.8. The average molecular weight is 908 g/mol. The molecule has 0 unspecified atom stereocenters. The number of rotatable bonds is 8. The zero-order chi connectivity index (χ0) is 46.2. The summed E-state index contributed by atoms with van der Waals surface area (Å²) in [5.74, 6) is 0. The Bertz CT molecular complexity index is 4150. The molecule has 3 heterocycles. The molecule has 328 valence electrons. The fourth-order valence-corrected chi connectivity index (χ4v) is 16.6. The van der Waals surface area contributed by atoms with Gasteiger partial charge in [0.25, 0.3) is 0 Å². The molecule has 14 rings (SSSR count). The summed E-state index contributed by atoms with van der Waals surface area (Å²) < 4.78 is 7.43. The molecule has 0 amide bonds. The van der Waals surface area contributed by atoms with E-state index < -0.39 is 8.07 Å². The van der Waals surface area contributed by atoms with Crippen molar-refractivity contribution < 1.29 is 0 Å². The molecule has 0 saturated heterocycles. The van der Waals surface area contributed by atoms with Gasteiger partial charge in [-0.1, -0.05) is 212 Å². The smallest absolute Gasteiger partial charge is 0.179 e. The summed E-state index contributed by atoms with van der Waals surface area (Å²) in [4.78, 5) is 0. The Kier molecular flexibility index (Phi) is 9.23. The second-order valence-corrected chi connectivity index (χ2v) is 22.2.